The van der Waals surface area contributed by atoms with Gasteiger partial charge < -0.3 is 10.1 Å². The van der Waals surface area contributed by atoms with Crippen LogP contribution in [0.25, 0.3) is 0 Å². The van der Waals surface area contributed by atoms with Gasteiger partial charge in [0.2, 0.25) is 0 Å². The molecule has 0 amide bonds. The van der Waals surface area contributed by atoms with Gasteiger partial charge >= 0.3 is 0 Å². The third kappa shape index (κ3) is 3.60. The molecule has 1 aliphatic heterocycles. The molecule has 2 nitrogen and oxygen atoms in total. The van der Waals surface area contributed by atoms with Crippen molar-refractivity contribution in [1.29, 1.82) is 0 Å². The van der Waals surface area contributed by atoms with Gasteiger partial charge in [-0.15, -0.1) is 6.58 Å². The molecule has 1 N–H and O–H groups in total. The summed E-state index contributed by atoms with van der Waals surface area (Å²) in [5.74, 6) is 4.87. The van der Waals surface area contributed by atoms with Crippen LogP contribution in [0.3, 0.4) is 0 Å². The highest BCUT2D eigenvalue weighted by atomic mass is 16.5. The van der Waals surface area contributed by atoms with E-state index in [9.17, 15) is 0 Å². The number of rotatable bonds is 5. The lowest BCUT2D eigenvalue weighted by Crippen LogP contribution is -2.41. The minimum atomic E-state index is 0.490. The summed E-state index contributed by atoms with van der Waals surface area (Å²) in [6, 6.07) is 0.661. The monoisotopic (exact) mass is 333 g/mol. The zero-order chi connectivity index (χ0) is 17.1. The first-order chi connectivity index (χ1) is 11.7. The molecule has 8 unspecified atom stereocenters. The normalized spacial score (nSPS) is 46.8. The minimum absolute atomic E-state index is 0.490. The van der Waals surface area contributed by atoms with Crippen molar-refractivity contribution >= 4 is 0 Å². The Kier molecular flexibility index (Phi) is 6.43. The van der Waals surface area contributed by atoms with E-state index in [-0.39, 0.29) is 0 Å². The Balaban J connectivity index is 1.67. The molecule has 3 rings (SSSR count). The van der Waals surface area contributed by atoms with Crippen LogP contribution in [-0.2, 0) is 4.74 Å². The highest BCUT2D eigenvalue weighted by Gasteiger charge is 2.45. The third-order valence-electron chi connectivity index (χ3n) is 7.79. The van der Waals surface area contributed by atoms with Crippen molar-refractivity contribution in [3.8, 4) is 0 Å². The van der Waals surface area contributed by atoms with Gasteiger partial charge in [0.1, 0.15) is 0 Å². The summed E-state index contributed by atoms with van der Waals surface area (Å²) in [7, 11) is 1.90. The standard InChI is InChI=1S/C22H39NO/c1-5-16-13-17(11-12-21(16)24-4)22-18(6-2)20(14-23-22)19-10-8-7-9-15(19)3/h6,15-23H,2,5,7-14H2,1,3-4H3. The highest BCUT2D eigenvalue weighted by Crippen LogP contribution is 2.45. The van der Waals surface area contributed by atoms with E-state index in [1.807, 2.05) is 7.11 Å². The molecule has 138 valence electrons. The quantitative estimate of drug-likeness (QED) is 0.711. The molecule has 1 saturated heterocycles. The molecule has 0 aromatic rings. The van der Waals surface area contributed by atoms with Gasteiger partial charge in [-0.05, 0) is 67.7 Å². The van der Waals surface area contributed by atoms with E-state index in [0.717, 1.165) is 29.6 Å². The van der Waals surface area contributed by atoms with Crippen LogP contribution in [0.5, 0.6) is 0 Å². The maximum Gasteiger partial charge on any atom is 0.0599 e. The Hall–Kier alpha value is -0.340. The zero-order valence-corrected chi connectivity index (χ0v) is 16.2. The summed E-state index contributed by atoms with van der Waals surface area (Å²) in [5.41, 5.74) is 0. The largest absolute Gasteiger partial charge is 0.381 e. The van der Waals surface area contributed by atoms with Gasteiger partial charge in [0.15, 0.2) is 0 Å². The van der Waals surface area contributed by atoms with Gasteiger partial charge in [0.25, 0.3) is 0 Å². The Morgan fingerprint density at radius 1 is 1.12 bits per heavy atom. The van der Waals surface area contributed by atoms with Crippen LogP contribution >= 0.6 is 0 Å². The predicted octanol–water partition coefficient (Wildman–Crippen LogP) is 5.04. The van der Waals surface area contributed by atoms with Crippen LogP contribution < -0.4 is 5.32 Å². The molecule has 3 fully saturated rings. The second-order valence-corrected chi connectivity index (χ2v) is 8.85. The van der Waals surface area contributed by atoms with E-state index in [2.05, 4.69) is 31.8 Å². The molecule has 0 spiro atoms. The molecule has 0 aromatic heterocycles. The lowest BCUT2D eigenvalue weighted by atomic mass is 9.66. The van der Waals surface area contributed by atoms with Crippen LogP contribution in [0.15, 0.2) is 12.7 Å². The molecule has 2 heteroatoms. The average Bonchev–Trinajstić information content (AvgIpc) is 3.05. The van der Waals surface area contributed by atoms with E-state index >= 15 is 0 Å². The van der Waals surface area contributed by atoms with E-state index < -0.39 is 0 Å². The summed E-state index contributed by atoms with van der Waals surface area (Å²) in [6.07, 6.45) is 13.7. The fourth-order valence-electron chi connectivity index (χ4n) is 6.37. The topological polar surface area (TPSA) is 21.3 Å². The van der Waals surface area contributed by atoms with Crippen LogP contribution in [0.1, 0.15) is 65.2 Å². The number of hydrogen-bond acceptors (Lipinski definition) is 2. The molecule has 3 aliphatic rings. The number of methoxy groups -OCH3 is 1. The summed E-state index contributed by atoms with van der Waals surface area (Å²) >= 11 is 0. The first-order valence-electron chi connectivity index (χ1n) is 10.6. The molecule has 8 atom stereocenters. The summed E-state index contributed by atoms with van der Waals surface area (Å²) in [6.45, 7) is 10.3. The van der Waals surface area contributed by atoms with Crippen LogP contribution in [-0.4, -0.2) is 25.8 Å². The van der Waals surface area contributed by atoms with Crippen molar-refractivity contribution in [2.24, 2.45) is 35.5 Å². The van der Waals surface area contributed by atoms with Gasteiger partial charge in [-0.3, -0.25) is 0 Å². The molecule has 2 saturated carbocycles. The SMILES string of the molecule is C=CC1C(C2CCCCC2C)CNC1C1CCC(OC)C(CC)C1. The van der Waals surface area contributed by atoms with Gasteiger partial charge in [0, 0.05) is 13.2 Å². The molecule has 1 heterocycles. The van der Waals surface area contributed by atoms with Gasteiger partial charge in [-0.1, -0.05) is 45.6 Å². The Bertz CT molecular complexity index is 409. The van der Waals surface area contributed by atoms with Crippen LogP contribution in [0, 0.1) is 35.5 Å². The number of hydrogen-bond donors (Lipinski definition) is 1. The minimum Gasteiger partial charge on any atom is -0.381 e. The molecule has 0 aromatic carbocycles. The van der Waals surface area contributed by atoms with Gasteiger partial charge in [-0.25, -0.2) is 0 Å². The van der Waals surface area contributed by atoms with Crippen molar-refractivity contribution in [1.82, 2.24) is 5.32 Å². The van der Waals surface area contributed by atoms with Crippen molar-refractivity contribution in [2.45, 2.75) is 77.4 Å². The van der Waals surface area contributed by atoms with Crippen LogP contribution in [0.4, 0.5) is 0 Å². The van der Waals surface area contributed by atoms with Gasteiger partial charge in [-0.2, -0.15) is 0 Å². The van der Waals surface area contributed by atoms with E-state index in [4.69, 9.17) is 4.74 Å². The summed E-state index contributed by atoms with van der Waals surface area (Å²) in [5, 5.41) is 3.96. The van der Waals surface area contributed by atoms with E-state index in [0.29, 0.717) is 18.1 Å². The second kappa shape index (κ2) is 8.36. The lowest BCUT2D eigenvalue weighted by molar-refractivity contribution is -0.000926. The predicted molar refractivity (Wildman–Crippen MR) is 102 cm³/mol. The van der Waals surface area contributed by atoms with Crippen LogP contribution in [0.2, 0.25) is 0 Å². The Labute approximate surface area is 149 Å². The molecule has 24 heavy (non-hydrogen) atoms. The fourth-order valence-corrected chi connectivity index (χ4v) is 6.37. The third-order valence-corrected chi connectivity index (χ3v) is 7.79. The van der Waals surface area contributed by atoms with Crippen molar-refractivity contribution in [3.05, 3.63) is 12.7 Å². The molecule has 0 radical (unpaired) electrons. The molecular weight excluding hydrogens is 294 g/mol. The summed E-state index contributed by atoms with van der Waals surface area (Å²) in [4.78, 5) is 0. The number of ether oxygens (including phenoxy) is 1. The summed E-state index contributed by atoms with van der Waals surface area (Å²) < 4.78 is 5.75. The second-order valence-electron chi connectivity index (χ2n) is 8.85. The van der Waals surface area contributed by atoms with Gasteiger partial charge in [0.05, 0.1) is 6.10 Å². The van der Waals surface area contributed by atoms with E-state index in [1.165, 1.54) is 57.9 Å². The zero-order valence-electron chi connectivity index (χ0n) is 16.2. The molecule has 2 aliphatic carbocycles. The lowest BCUT2D eigenvalue weighted by Gasteiger charge is -2.40. The Morgan fingerprint density at radius 2 is 1.92 bits per heavy atom. The maximum absolute atomic E-state index is 5.75. The Morgan fingerprint density at radius 3 is 2.58 bits per heavy atom. The fraction of sp³-hybridized carbons (Fsp3) is 0.909. The first kappa shape index (κ1) is 18.5. The van der Waals surface area contributed by atoms with Crippen molar-refractivity contribution in [3.63, 3.8) is 0 Å². The molecular formula is C22H39NO. The average molecular weight is 334 g/mol. The molecule has 0 bridgehead atoms. The van der Waals surface area contributed by atoms with Crippen molar-refractivity contribution < 1.29 is 4.74 Å². The first-order valence-corrected chi connectivity index (χ1v) is 10.6. The number of nitrogens with one attached hydrogen (secondary N) is 1. The van der Waals surface area contributed by atoms with Crippen molar-refractivity contribution in [2.75, 3.05) is 13.7 Å². The smallest absolute Gasteiger partial charge is 0.0599 e. The van der Waals surface area contributed by atoms with E-state index in [1.54, 1.807) is 0 Å². The highest BCUT2D eigenvalue weighted by molar-refractivity contribution is 5.05. The maximum atomic E-state index is 5.75.